The zero-order valence-corrected chi connectivity index (χ0v) is 17.4. The van der Waals surface area contributed by atoms with Crippen molar-refractivity contribution < 1.29 is 14.4 Å². The molecule has 0 bridgehead atoms. The van der Waals surface area contributed by atoms with Crippen molar-refractivity contribution in [2.24, 2.45) is 0 Å². The maximum Gasteiger partial charge on any atom is 0.245 e. The fourth-order valence-corrected chi connectivity index (χ4v) is 4.14. The fourth-order valence-electron chi connectivity index (χ4n) is 4.14. The Kier molecular flexibility index (Phi) is 7.25. The Morgan fingerprint density at radius 2 is 1.86 bits per heavy atom. The van der Waals surface area contributed by atoms with Gasteiger partial charge in [0, 0.05) is 6.54 Å². The average molecular weight is 401 g/mol. The minimum Gasteiger partial charge on any atom is -0.348 e. The van der Waals surface area contributed by atoms with Crippen LogP contribution >= 0.6 is 0 Å². The zero-order chi connectivity index (χ0) is 20.8. The predicted molar refractivity (Wildman–Crippen MR) is 111 cm³/mol. The molecule has 1 aromatic carbocycles. The number of rotatable bonds is 6. The molecule has 0 aromatic heterocycles. The largest absolute Gasteiger partial charge is 0.348 e. The third-order valence-corrected chi connectivity index (χ3v) is 5.96. The molecule has 158 valence electrons. The number of carbonyl (C=O) groups is 3. The molecule has 29 heavy (non-hydrogen) atoms. The highest BCUT2D eigenvalue weighted by Gasteiger charge is 2.31. The Balaban J connectivity index is 1.60. The molecule has 2 aliphatic rings. The van der Waals surface area contributed by atoms with Gasteiger partial charge in [-0.25, -0.2) is 0 Å². The molecule has 1 saturated heterocycles. The second kappa shape index (κ2) is 9.87. The number of likely N-dealkylation sites (N-methyl/N-ethyl adjacent to an activating group) is 1. The number of benzene rings is 1. The molecule has 1 heterocycles. The molecular formula is C22H32N4O3. The summed E-state index contributed by atoms with van der Waals surface area (Å²) in [5, 5.41) is 8.83. The molecule has 3 N–H and O–H groups in total. The summed E-state index contributed by atoms with van der Waals surface area (Å²) in [4.78, 5) is 39.4. The standard InChI is InChI=1S/C22H32N4O3/c1-15(23-2)21(28)25-19-11-5-6-13-26(22(19)29)14-20(27)24-18-12-7-9-16-8-3-4-10-17(16)18/h3-4,8,10,15,18-19,23H,5-7,9,11-14H2,1-2H3,(H,24,27)(H,25,28)/t15-,18?,19?/m0/s1. The number of hydrogen-bond donors (Lipinski definition) is 3. The van der Waals surface area contributed by atoms with Gasteiger partial charge in [0.15, 0.2) is 0 Å². The maximum atomic E-state index is 12.9. The van der Waals surface area contributed by atoms with Crippen molar-refractivity contribution >= 4 is 17.7 Å². The Bertz CT molecular complexity index is 751. The van der Waals surface area contributed by atoms with E-state index in [1.54, 1.807) is 18.9 Å². The summed E-state index contributed by atoms with van der Waals surface area (Å²) in [7, 11) is 1.71. The minimum atomic E-state index is -0.566. The van der Waals surface area contributed by atoms with Crippen LogP contribution in [0.3, 0.4) is 0 Å². The van der Waals surface area contributed by atoms with E-state index in [1.807, 2.05) is 12.1 Å². The highest BCUT2D eigenvalue weighted by Crippen LogP contribution is 2.29. The molecule has 0 radical (unpaired) electrons. The van der Waals surface area contributed by atoms with Crippen molar-refractivity contribution in [2.45, 2.75) is 63.6 Å². The fraction of sp³-hybridized carbons (Fsp3) is 0.591. The first-order valence-electron chi connectivity index (χ1n) is 10.6. The third-order valence-electron chi connectivity index (χ3n) is 5.96. The number of fused-ring (bicyclic) bond motifs is 1. The third kappa shape index (κ3) is 5.35. The first-order valence-corrected chi connectivity index (χ1v) is 10.6. The van der Waals surface area contributed by atoms with Crippen LogP contribution in [0.1, 0.15) is 56.2 Å². The lowest BCUT2D eigenvalue weighted by atomic mass is 9.88. The summed E-state index contributed by atoms with van der Waals surface area (Å²) in [5.41, 5.74) is 2.47. The van der Waals surface area contributed by atoms with Crippen molar-refractivity contribution in [1.29, 1.82) is 0 Å². The van der Waals surface area contributed by atoms with E-state index in [4.69, 9.17) is 0 Å². The molecule has 0 saturated carbocycles. The van der Waals surface area contributed by atoms with Crippen LogP contribution in [0.4, 0.5) is 0 Å². The molecule has 7 nitrogen and oxygen atoms in total. The first-order chi connectivity index (χ1) is 14.0. The minimum absolute atomic E-state index is 0.00140. The van der Waals surface area contributed by atoms with E-state index in [1.165, 1.54) is 11.1 Å². The number of aryl methyl sites for hydroxylation is 1. The van der Waals surface area contributed by atoms with E-state index in [-0.39, 0.29) is 36.3 Å². The quantitative estimate of drug-likeness (QED) is 0.671. The molecule has 3 rings (SSSR count). The van der Waals surface area contributed by atoms with E-state index in [2.05, 4.69) is 28.1 Å². The van der Waals surface area contributed by atoms with E-state index in [0.29, 0.717) is 13.0 Å². The van der Waals surface area contributed by atoms with Crippen molar-refractivity contribution in [3.8, 4) is 0 Å². The number of nitrogens with one attached hydrogen (secondary N) is 3. The topological polar surface area (TPSA) is 90.5 Å². The smallest absolute Gasteiger partial charge is 0.245 e. The lowest BCUT2D eigenvalue weighted by molar-refractivity contribution is -0.139. The molecule has 2 unspecified atom stereocenters. The van der Waals surface area contributed by atoms with Crippen LogP contribution in [0.25, 0.3) is 0 Å². The van der Waals surface area contributed by atoms with Gasteiger partial charge in [0.25, 0.3) is 0 Å². The van der Waals surface area contributed by atoms with Crippen molar-refractivity contribution in [2.75, 3.05) is 20.1 Å². The summed E-state index contributed by atoms with van der Waals surface area (Å²) in [6.07, 6.45) is 5.28. The molecule has 3 atom stereocenters. The second-order valence-electron chi connectivity index (χ2n) is 8.04. The van der Waals surface area contributed by atoms with Crippen molar-refractivity contribution in [1.82, 2.24) is 20.9 Å². The molecule has 3 amide bonds. The predicted octanol–water partition coefficient (Wildman–Crippen LogP) is 1.29. The van der Waals surface area contributed by atoms with Crippen LogP contribution in [0, 0.1) is 0 Å². The van der Waals surface area contributed by atoms with Gasteiger partial charge in [0.05, 0.1) is 18.6 Å². The highest BCUT2D eigenvalue weighted by atomic mass is 16.2. The molecule has 1 aliphatic heterocycles. The van der Waals surface area contributed by atoms with Crippen LogP contribution in [0.5, 0.6) is 0 Å². The number of carbonyl (C=O) groups excluding carboxylic acids is 3. The summed E-state index contributed by atoms with van der Waals surface area (Å²) < 4.78 is 0. The SMILES string of the molecule is CN[C@@H](C)C(=O)NC1CCCCN(CC(=O)NC2CCCc3ccccc32)C1=O. The summed E-state index contributed by atoms with van der Waals surface area (Å²) >= 11 is 0. The highest BCUT2D eigenvalue weighted by molar-refractivity contribution is 5.92. The van der Waals surface area contributed by atoms with Gasteiger partial charge in [-0.2, -0.15) is 0 Å². The molecule has 1 fully saturated rings. The molecule has 0 spiro atoms. The lowest BCUT2D eigenvalue weighted by Crippen LogP contribution is -2.53. The van der Waals surface area contributed by atoms with Crippen LogP contribution in [-0.4, -0.2) is 54.8 Å². The van der Waals surface area contributed by atoms with E-state index >= 15 is 0 Å². The molecule has 7 heteroatoms. The molecule has 1 aromatic rings. The Labute approximate surface area is 172 Å². The van der Waals surface area contributed by atoms with Gasteiger partial charge in [-0.05, 0) is 63.6 Å². The van der Waals surface area contributed by atoms with E-state index in [0.717, 1.165) is 32.1 Å². The summed E-state index contributed by atoms with van der Waals surface area (Å²) in [6, 6.07) is 7.29. The number of amides is 3. The number of hydrogen-bond acceptors (Lipinski definition) is 4. The summed E-state index contributed by atoms with van der Waals surface area (Å²) in [5.74, 6) is -0.509. The molecule has 1 aliphatic carbocycles. The normalized spacial score (nSPS) is 23.0. The average Bonchev–Trinajstić information content (AvgIpc) is 2.89. The van der Waals surface area contributed by atoms with E-state index in [9.17, 15) is 14.4 Å². The lowest BCUT2D eigenvalue weighted by Gasteiger charge is -2.29. The van der Waals surface area contributed by atoms with Gasteiger partial charge in [0.2, 0.25) is 17.7 Å². The number of nitrogens with zero attached hydrogens (tertiary/aromatic N) is 1. The van der Waals surface area contributed by atoms with Crippen molar-refractivity contribution in [3.63, 3.8) is 0 Å². The van der Waals surface area contributed by atoms with Gasteiger partial charge in [-0.1, -0.05) is 24.3 Å². The van der Waals surface area contributed by atoms with Crippen LogP contribution in [0.15, 0.2) is 24.3 Å². The Morgan fingerprint density at radius 1 is 1.10 bits per heavy atom. The maximum absolute atomic E-state index is 12.9. The van der Waals surface area contributed by atoms with Gasteiger partial charge in [-0.15, -0.1) is 0 Å². The van der Waals surface area contributed by atoms with Crippen LogP contribution in [-0.2, 0) is 20.8 Å². The second-order valence-corrected chi connectivity index (χ2v) is 8.04. The van der Waals surface area contributed by atoms with Gasteiger partial charge < -0.3 is 20.9 Å². The van der Waals surface area contributed by atoms with Gasteiger partial charge in [-0.3, -0.25) is 14.4 Å². The Hall–Kier alpha value is -2.41. The number of likely N-dealkylation sites (tertiary alicyclic amines) is 1. The first kappa shape index (κ1) is 21.3. The van der Waals surface area contributed by atoms with Crippen molar-refractivity contribution in [3.05, 3.63) is 35.4 Å². The van der Waals surface area contributed by atoms with Crippen LogP contribution in [0.2, 0.25) is 0 Å². The van der Waals surface area contributed by atoms with Gasteiger partial charge in [0.1, 0.15) is 6.04 Å². The summed E-state index contributed by atoms with van der Waals surface area (Å²) in [6.45, 7) is 2.33. The Morgan fingerprint density at radius 3 is 2.66 bits per heavy atom. The van der Waals surface area contributed by atoms with Crippen LogP contribution < -0.4 is 16.0 Å². The van der Waals surface area contributed by atoms with Gasteiger partial charge >= 0.3 is 0 Å². The van der Waals surface area contributed by atoms with E-state index < -0.39 is 6.04 Å². The zero-order valence-electron chi connectivity index (χ0n) is 17.4. The molecular weight excluding hydrogens is 368 g/mol. The monoisotopic (exact) mass is 400 g/mol.